The highest BCUT2D eigenvalue weighted by molar-refractivity contribution is 5.14. The second-order valence-electron chi connectivity index (χ2n) is 35.8. The Morgan fingerprint density at radius 3 is 1.12 bits per heavy atom. The van der Waals surface area contributed by atoms with E-state index >= 15 is 0 Å². The van der Waals surface area contributed by atoms with Gasteiger partial charge >= 0.3 is 0 Å². The molecule has 16 fully saturated rings. The minimum atomic E-state index is 0.685. The molecule has 0 aromatic carbocycles. The molecule has 7 atom stereocenters. The van der Waals surface area contributed by atoms with Crippen LogP contribution in [0.4, 0.5) is 0 Å². The minimum Gasteiger partial charge on any atom is -0.317 e. The topological polar surface area (TPSA) is 125 Å². The zero-order valence-corrected chi connectivity index (χ0v) is 65.0. The van der Waals surface area contributed by atoms with Crippen LogP contribution in [-0.4, -0.2) is 320 Å². The van der Waals surface area contributed by atoms with E-state index < -0.39 is 0 Å². The summed E-state index contributed by atoms with van der Waals surface area (Å²) >= 11 is 0. The molecule has 1 saturated carbocycles. The van der Waals surface area contributed by atoms with Crippen LogP contribution in [0.3, 0.4) is 0 Å². The van der Waals surface area contributed by atoms with Crippen LogP contribution in [0.15, 0.2) is 0 Å². The van der Waals surface area contributed by atoms with E-state index in [1.807, 2.05) is 0 Å². The van der Waals surface area contributed by atoms with Gasteiger partial charge in [0.05, 0.1) is 0 Å². The normalized spacial score (nSPS) is 32.6. The highest BCUT2D eigenvalue weighted by Gasteiger charge is 2.61. The summed E-state index contributed by atoms with van der Waals surface area (Å²) in [6.07, 6.45) is 9.83. The Balaban J connectivity index is 0.000000136. The van der Waals surface area contributed by atoms with Crippen molar-refractivity contribution in [3.63, 3.8) is 0 Å². The van der Waals surface area contributed by atoms with E-state index in [1.54, 1.807) is 0 Å². The molecule has 4 spiro atoms. The second kappa shape index (κ2) is 37.5. The lowest BCUT2D eigenvalue weighted by Crippen LogP contribution is -2.72. The highest BCUT2D eigenvalue weighted by atomic mass is 15.3. The third-order valence-electron chi connectivity index (χ3n) is 26.0. The molecule has 8 N–H and O–H groups in total. The lowest BCUT2D eigenvalue weighted by atomic mass is 9.56. The summed E-state index contributed by atoms with van der Waals surface area (Å²) in [5, 5.41) is 27.4. The summed E-state index contributed by atoms with van der Waals surface area (Å²) in [5.74, 6) is 4.92. The first kappa shape index (κ1) is 79.0. The van der Waals surface area contributed by atoms with Crippen LogP contribution in [0.2, 0.25) is 0 Å². The summed E-state index contributed by atoms with van der Waals surface area (Å²) in [6.45, 7) is 83.3. The number of nitrogens with one attached hydrogen (secondary N) is 8. The molecule has 94 heavy (non-hydrogen) atoms. The molecular weight excluding hydrogens is 1160 g/mol. The van der Waals surface area contributed by atoms with E-state index in [0.29, 0.717) is 16.2 Å². The van der Waals surface area contributed by atoms with Crippen LogP contribution >= 0.6 is 0 Å². The van der Waals surface area contributed by atoms with Crippen LogP contribution in [0, 0.1) is 51.2 Å². The average Bonchev–Trinajstić information content (AvgIpc) is 1.55. The molecule has 15 aliphatic heterocycles. The van der Waals surface area contributed by atoms with E-state index in [2.05, 4.69) is 211 Å². The monoisotopic (exact) mass is 1320 g/mol. The van der Waals surface area contributed by atoms with Crippen molar-refractivity contribution in [2.45, 2.75) is 230 Å². The van der Waals surface area contributed by atoms with E-state index in [-0.39, 0.29) is 0 Å². The molecule has 0 aromatic rings. The first-order valence-electron chi connectivity index (χ1n) is 40.2. The van der Waals surface area contributed by atoms with Gasteiger partial charge < -0.3 is 57.2 Å². The van der Waals surface area contributed by atoms with Gasteiger partial charge in [-0.1, -0.05) is 0 Å². The third kappa shape index (κ3) is 22.2. The fourth-order valence-electron chi connectivity index (χ4n) is 18.4. The predicted molar refractivity (Wildman–Crippen MR) is 402 cm³/mol. The largest absolute Gasteiger partial charge is 0.317 e. The Kier molecular flexibility index (Phi) is 31.5. The van der Waals surface area contributed by atoms with Crippen molar-refractivity contribution < 1.29 is 0 Å². The maximum Gasteiger partial charge on any atom is 0.0247 e. The molecule has 7 unspecified atom stereocenters. The third-order valence-corrected chi connectivity index (χ3v) is 26.0. The molecule has 0 amide bonds. The summed E-state index contributed by atoms with van der Waals surface area (Å²) in [5.41, 5.74) is 2.83. The zero-order chi connectivity index (χ0) is 67.8. The minimum absolute atomic E-state index is 0.685. The first-order valence-corrected chi connectivity index (χ1v) is 40.2. The molecule has 0 bridgehead atoms. The van der Waals surface area contributed by atoms with E-state index in [4.69, 9.17) is 0 Å². The van der Waals surface area contributed by atoms with Gasteiger partial charge in [0.15, 0.2) is 0 Å². The van der Waals surface area contributed by atoms with Gasteiger partial charge in [-0.25, -0.2) is 0 Å². The Hall–Kier alpha value is -0.680. The molecular formula is C77H157N17. The van der Waals surface area contributed by atoms with Crippen molar-refractivity contribution in [3.05, 3.63) is 0 Å². The van der Waals surface area contributed by atoms with Crippen molar-refractivity contribution in [2.24, 2.45) is 51.2 Å². The van der Waals surface area contributed by atoms with E-state index in [0.717, 1.165) is 115 Å². The molecule has 17 nitrogen and oxygen atoms in total. The average molecular weight is 1320 g/mol. The number of hydrogen-bond acceptors (Lipinski definition) is 17. The number of hydrogen-bond donors (Lipinski definition) is 8. The quantitative estimate of drug-likeness (QED) is 0.131. The Morgan fingerprint density at radius 1 is 0.277 bits per heavy atom. The summed E-state index contributed by atoms with van der Waals surface area (Å²) < 4.78 is 0. The number of piperazine rings is 1. The summed E-state index contributed by atoms with van der Waals surface area (Å²) in [7, 11) is 0. The van der Waals surface area contributed by atoms with Gasteiger partial charge in [0.25, 0.3) is 0 Å². The van der Waals surface area contributed by atoms with Crippen LogP contribution in [0.1, 0.15) is 170 Å². The SMILES string of the molecule is CC(C)N1CC2(CCNC2)C1.CC(C)N1CC2(CCNCC2)C1.CC(C)N1CC2(CNC2)C1.CC(C)N1CC2CC3CNCC32C1.CC(C)N1CC2CNC2C1.CC(C)N1CC2CNCC2C1.CC(C)N1CCCC1.CC(C)N1CCCNCC1.CC(C)N1CCNCC1. The molecule has 15 heterocycles. The van der Waals surface area contributed by atoms with Gasteiger partial charge in [0, 0.05) is 233 Å². The van der Waals surface area contributed by atoms with Gasteiger partial charge in [-0.3, -0.25) is 29.4 Å². The van der Waals surface area contributed by atoms with E-state index in [9.17, 15) is 0 Å². The Bertz CT molecular complexity index is 2020. The number of likely N-dealkylation sites (tertiary alicyclic amines) is 7. The molecule has 16 aliphatic rings. The van der Waals surface area contributed by atoms with Crippen LogP contribution < -0.4 is 42.5 Å². The zero-order valence-electron chi connectivity index (χ0n) is 65.0. The van der Waals surface area contributed by atoms with Crippen molar-refractivity contribution in [1.29, 1.82) is 0 Å². The molecule has 0 aromatic heterocycles. The number of nitrogens with zero attached hydrogens (tertiary/aromatic N) is 9. The van der Waals surface area contributed by atoms with Crippen LogP contribution in [-0.2, 0) is 0 Å². The lowest BCUT2D eigenvalue weighted by Gasteiger charge is -2.57. The van der Waals surface area contributed by atoms with Crippen LogP contribution in [0.5, 0.6) is 0 Å². The van der Waals surface area contributed by atoms with Crippen molar-refractivity contribution in [3.8, 4) is 0 Å². The highest BCUT2D eigenvalue weighted by Crippen LogP contribution is 2.58. The maximum atomic E-state index is 3.58. The Labute approximate surface area is 581 Å². The van der Waals surface area contributed by atoms with Gasteiger partial charge in [0.1, 0.15) is 0 Å². The summed E-state index contributed by atoms with van der Waals surface area (Å²) in [6, 6.07) is 7.57. The van der Waals surface area contributed by atoms with Gasteiger partial charge in [0.2, 0.25) is 0 Å². The lowest BCUT2D eigenvalue weighted by molar-refractivity contribution is -0.0569. The van der Waals surface area contributed by atoms with Gasteiger partial charge in [-0.15, -0.1) is 0 Å². The standard InChI is InChI=1S/C11H20N2.C10H20N2.2C9H18N2.2C8H16N2.C8H18N2.C7H16N2.C7H15N/c1-8(2)13-5-10-3-9-4-12-6-11(9,10)7-13;1-9(2)12-7-10(8-12)3-5-11-6-4-10;1-7(2)11-5-8-3-10-4-9(8)6-11;1-8(2)11-6-9(7-11)3-4-10-5-9;1-7(2)10-5-8(6-10)3-9-4-8;1-6(2)10-4-7-3-9-8(7)5-10;1-8(2)10-6-3-4-9-5-7-10;1-7(2)9-5-3-8-4-6-9;1-7(2)8-5-3-4-6-8/h8-10,12H,3-7H2,1-2H3;9,11H,3-8H2,1-2H3;7-10H,3-6H2,1-2H3;8,10H,3-7H2,1-2H3;7,9H,3-6H2,1-2H3;6-9H,3-5H2,1-2H3;8-9H,3-7H2,1-2H3;7-8H,3-6H2,1-2H3;7H,3-6H2,1-2H3. The van der Waals surface area contributed by atoms with Crippen LogP contribution in [0.25, 0.3) is 0 Å². The Morgan fingerprint density at radius 2 is 0.691 bits per heavy atom. The second-order valence-corrected chi connectivity index (χ2v) is 35.8. The number of fused-ring (bicyclic) bond motifs is 2. The van der Waals surface area contributed by atoms with Gasteiger partial charge in [-0.05, 0) is 264 Å². The first-order chi connectivity index (χ1) is 44.8. The van der Waals surface area contributed by atoms with Crippen molar-refractivity contribution >= 4 is 0 Å². The molecule has 17 heteroatoms. The molecule has 1 aliphatic carbocycles. The van der Waals surface area contributed by atoms with Crippen molar-refractivity contribution in [1.82, 2.24) is 86.6 Å². The smallest absolute Gasteiger partial charge is 0.0247 e. The molecule has 16 rings (SSSR count). The number of rotatable bonds is 9. The van der Waals surface area contributed by atoms with E-state index in [1.165, 1.54) is 241 Å². The fourth-order valence-corrected chi connectivity index (χ4v) is 18.4. The molecule has 15 saturated heterocycles. The maximum absolute atomic E-state index is 3.58. The van der Waals surface area contributed by atoms with Crippen molar-refractivity contribution in [2.75, 3.05) is 216 Å². The molecule has 550 valence electrons. The number of piperidine rings is 1. The van der Waals surface area contributed by atoms with Gasteiger partial charge in [-0.2, -0.15) is 0 Å². The fraction of sp³-hybridized carbons (Fsp3) is 1.00. The molecule has 0 radical (unpaired) electrons. The predicted octanol–water partition coefficient (Wildman–Crippen LogP) is 6.33. The summed E-state index contributed by atoms with van der Waals surface area (Å²) in [4.78, 5) is 23.1.